The second-order valence-electron chi connectivity index (χ2n) is 7.33. The number of anilines is 1. The van der Waals surface area contributed by atoms with E-state index in [0.29, 0.717) is 13.0 Å². The molecule has 4 nitrogen and oxygen atoms in total. The summed E-state index contributed by atoms with van der Waals surface area (Å²) in [5, 5.41) is 13.2. The number of fused-ring (bicyclic) bond motifs is 3. The Balaban J connectivity index is 1.70. The smallest absolute Gasteiger partial charge is 0.222 e. The number of halogens is 1. The Kier molecular flexibility index (Phi) is 5.06. The van der Waals surface area contributed by atoms with Gasteiger partial charge in [-0.05, 0) is 54.4 Å². The summed E-state index contributed by atoms with van der Waals surface area (Å²) in [5.74, 6) is 6.25. The SMILES string of the molecule is CCC(=O)N1CC[C@@H]2[C@H]1c1cc(C#Cc3ccc(F)cc3)ccc1N[C@@H]2CO. The number of carbonyl (C=O) groups is 1. The predicted octanol–water partition coefficient (Wildman–Crippen LogP) is 3.31. The lowest BCUT2D eigenvalue weighted by molar-refractivity contribution is -0.132. The number of rotatable bonds is 2. The van der Waals surface area contributed by atoms with Crippen molar-refractivity contribution in [1.29, 1.82) is 0 Å². The van der Waals surface area contributed by atoms with Crippen molar-refractivity contribution in [1.82, 2.24) is 4.90 Å². The van der Waals surface area contributed by atoms with E-state index in [1.54, 1.807) is 12.1 Å². The summed E-state index contributed by atoms with van der Waals surface area (Å²) < 4.78 is 13.0. The fraction of sp³-hybridized carbons (Fsp3) is 0.348. The van der Waals surface area contributed by atoms with Crippen LogP contribution in [-0.4, -0.2) is 35.1 Å². The number of nitrogens with zero attached hydrogens (tertiary/aromatic N) is 1. The molecule has 28 heavy (non-hydrogen) atoms. The van der Waals surface area contributed by atoms with E-state index in [1.165, 1.54) is 12.1 Å². The molecule has 0 bridgehead atoms. The molecule has 4 rings (SSSR count). The minimum Gasteiger partial charge on any atom is -0.394 e. The number of benzene rings is 2. The normalized spacial score (nSPS) is 22.5. The molecule has 1 amide bonds. The van der Waals surface area contributed by atoms with E-state index in [1.807, 2.05) is 30.0 Å². The Morgan fingerprint density at radius 3 is 2.64 bits per heavy atom. The van der Waals surface area contributed by atoms with Gasteiger partial charge in [0.1, 0.15) is 5.82 Å². The zero-order valence-electron chi connectivity index (χ0n) is 15.8. The molecule has 2 aliphatic rings. The Morgan fingerprint density at radius 2 is 1.93 bits per heavy atom. The monoisotopic (exact) mass is 378 g/mol. The molecule has 2 aromatic carbocycles. The average molecular weight is 378 g/mol. The lowest BCUT2D eigenvalue weighted by Gasteiger charge is -2.39. The van der Waals surface area contributed by atoms with E-state index in [9.17, 15) is 14.3 Å². The van der Waals surface area contributed by atoms with Gasteiger partial charge in [-0.15, -0.1) is 0 Å². The van der Waals surface area contributed by atoms with Gasteiger partial charge in [-0.1, -0.05) is 18.8 Å². The lowest BCUT2D eigenvalue weighted by atomic mass is 9.82. The maximum Gasteiger partial charge on any atom is 0.222 e. The van der Waals surface area contributed by atoms with Gasteiger partial charge in [0.2, 0.25) is 5.91 Å². The van der Waals surface area contributed by atoms with Crippen molar-refractivity contribution in [2.24, 2.45) is 5.92 Å². The van der Waals surface area contributed by atoms with Crippen LogP contribution in [-0.2, 0) is 4.79 Å². The highest BCUT2D eigenvalue weighted by atomic mass is 19.1. The Hall–Kier alpha value is -2.84. The molecule has 0 saturated carbocycles. The maximum absolute atomic E-state index is 13.0. The van der Waals surface area contributed by atoms with Gasteiger partial charge in [-0.25, -0.2) is 4.39 Å². The number of hydrogen-bond donors (Lipinski definition) is 2. The van der Waals surface area contributed by atoms with Crippen LogP contribution in [0.3, 0.4) is 0 Å². The van der Waals surface area contributed by atoms with Gasteiger partial charge in [0.15, 0.2) is 0 Å². The molecular formula is C23H23FN2O2. The highest BCUT2D eigenvalue weighted by molar-refractivity contribution is 5.77. The van der Waals surface area contributed by atoms with Crippen LogP contribution in [0.15, 0.2) is 42.5 Å². The first kappa shape index (κ1) is 18.5. The maximum atomic E-state index is 13.0. The van der Waals surface area contributed by atoms with E-state index in [-0.39, 0.29) is 36.3 Å². The van der Waals surface area contributed by atoms with E-state index >= 15 is 0 Å². The first-order chi connectivity index (χ1) is 13.6. The van der Waals surface area contributed by atoms with Crippen LogP contribution < -0.4 is 5.32 Å². The molecule has 2 aliphatic heterocycles. The molecule has 2 aromatic rings. The van der Waals surface area contributed by atoms with Crippen LogP contribution >= 0.6 is 0 Å². The van der Waals surface area contributed by atoms with Crippen molar-refractivity contribution in [3.63, 3.8) is 0 Å². The zero-order chi connectivity index (χ0) is 19.7. The summed E-state index contributed by atoms with van der Waals surface area (Å²) in [4.78, 5) is 14.4. The van der Waals surface area contributed by atoms with Crippen LogP contribution in [0.1, 0.15) is 42.5 Å². The van der Waals surface area contributed by atoms with E-state index in [2.05, 4.69) is 17.2 Å². The van der Waals surface area contributed by atoms with E-state index in [0.717, 1.165) is 28.8 Å². The van der Waals surface area contributed by atoms with Crippen molar-refractivity contribution < 1.29 is 14.3 Å². The second-order valence-corrected chi connectivity index (χ2v) is 7.33. The molecule has 2 heterocycles. The molecule has 5 heteroatoms. The minimum atomic E-state index is -0.281. The molecule has 0 spiro atoms. The number of nitrogens with one attached hydrogen (secondary N) is 1. The minimum absolute atomic E-state index is 0.0339. The van der Waals surface area contributed by atoms with Crippen molar-refractivity contribution in [3.05, 3.63) is 65.0 Å². The number of aliphatic hydroxyl groups is 1. The number of aliphatic hydroxyl groups excluding tert-OH is 1. The molecule has 2 N–H and O–H groups in total. The molecule has 0 aliphatic carbocycles. The third-order valence-corrected chi connectivity index (χ3v) is 5.69. The van der Waals surface area contributed by atoms with Crippen LogP contribution in [0.5, 0.6) is 0 Å². The molecule has 1 fully saturated rings. The molecule has 144 valence electrons. The molecular weight excluding hydrogens is 355 g/mol. The Morgan fingerprint density at radius 1 is 1.21 bits per heavy atom. The molecule has 3 atom stereocenters. The summed E-state index contributed by atoms with van der Waals surface area (Å²) in [6, 6.07) is 11.9. The van der Waals surface area contributed by atoms with Crippen molar-refractivity contribution in [2.75, 3.05) is 18.5 Å². The second kappa shape index (κ2) is 7.65. The van der Waals surface area contributed by atoms with Crippen molar-refractivity contribution in [2.45, 2.75) is 31.8 Å². The van der Waals surface area contributed by atoms with Gasteiger partial charge in [-0.3, -0.25) is 4.79 Å². The molecule has 0 unspecified atom stereocenters. The summed E-state index contributed by atoms with van der Waals surface area (Å²) in [6.07, 6.45) is 1.35. The van der Waals surface area contributed by atoms with Crippen molar-refractivity contribution >= 4 is 11.6 Å². The van der Waals surface area contributed by atoms with E-state index in [4.69, 9.17) is 0 Å². The zero-order valence-corrected chi connectivity index (χ0v) is 15.8. The molecule has 0 aromatic heterocycles. The highest BCUT2D eigenvalue weighted by Gasteiger charge is 2.45. The third-order valence-electron chi connectivity index (χ3n) is 5.69. The van der Waals surface area contributed by atoms with Crippen LogP contribution in [0.4, 0.5) is 10.1 Å². The van der Waals surface area contributed by atoms with Gasteiger partial charge in [-0.2, -0.15) is 0 Å². The standard InChI is InChI=1S/C23H23FN2O2/c1-2-22(28)26-12-11-18-21(14-27)25-20-10-7-16(13-19(20)23(18)26)4-3-15-5-8-17(24)9-6-15/h5-10,13,18,21,23,25,27H,2,11-12,14H2,1H3/t18-,21+,23-/m0/s1. The van der Waals surface area contributed by atoms with Gasteiger partial charge < -0.3 is 15.3 Å². The molecule has 1 saturated heterocycles. The summed E-state index contributed by atoms with van der Waals surface area (Å²) >= 11 is 0. The van der Waals surface area contributed by atoms with Crippen LogP contribution in [0, 0.1) is 23.6 Å². The van der Waals surface area contributed by atoms with Gasteiger partial charge in [0.25, 0.3) is 0 Å². The summed E-state index contributed by atoms with van der Waals surface area (Å²) in [7, 11) is 0. The topological polar surface area (TPSA) is 52.6 Å². The van der Waals surface area contributed by atoms with Crippen LogP contribution in [0.25, 0.3) is 0 Å². The van der Waals surface area contributed by atoms with Gasteiger partial charge in [0, 0.05) is 35.7 Å². The third kappa shape index (κ3) is 3.36. The fourth-order valence-electron chi connectivity index (χ4n) is 4.30. The Labute approximate surface area is 164 Å². The van der Waals surface area contributed by atoms with Crippen LogP contribution in [0.2, 0.25) is 0 Å². The predicted molar refractivity (Wildman–Crippen MR) is 106 cm³/mol. The highest BCUT2D eigenvalue weighted by Crippen LogP contribution is 2.46. The molecule has 0 radical (unpaired) electrons. The number of hydrogen-bond acceptors (Lipinski definition) is 3. The summed E-state index contributed by atoms with van der Waals surface area (Å²) in [5.41, 5.74) is 3.60. The first-order valence-electron chi connectivity index (χ1n) is 9.69. The van der Waals surface area contributed by atoms with E-state index < -0.39 is 0 Å². The van der Waals surface area contributed by atoms with Crippen molar-refractivity contribution in [3.8, 4) is 11.8 Å². The summed E-state index contributed by atoms with van der Waals surface area (Å²) in [6.45, 7) is 2.64. The number of carbonyl (C=O) groups excluding carboxylic acids is 1. The van der Waals surface area contributed by atoms with Gasteiger partial charge >= 0.3 is 0 Å². The number of likely N-dealkylation sites (tertiary alicyclic amines) is 1. The van der Waals surface area contributed by atoms with Gasteiger partial charge in [0.05, 0.1) is 18.7 Å². The average Bonchev–Trinajstić information content (AvgIpc) is 3.17. The largest absolute Gasteiger partial charge is 0.394 e. The number of amides is 1. The first-order valence-corrected chi connectivity index (χ1v) is 9.69. The quantitative estimate of drug-likeness (QED) is 0.789. The lowest BCUT2D eigenvalue weighted by Crippen LogP contribution is -2.42. The fourth-order valence-corrected chi connectivity index (χ4v) is 4.30. The Bertz CT molecular complexity index is 945.